The second kappa shape index (κ2) is 11.3. The number of nitrogens with zero attached hydrogens (tertiary/aromatic N) is 5. The fourth-order valence-electron chi connectivity index (χ4n) is 4.53. The Labute approximate surface area is 226 Å². The van der Waals surface area contributed by atoms with E-state index < -0.39 is 0 Å². The van der Waals surface area contributed by atoms with Gasteiger partial charge in [-0.1, -0.05) is 29.8 Å². The van der Waals surface area contributed by atoms with Crippen LogP contribution >= 0.6 is 11.6 Å². The van der Waals surface area contributed by atoms with Crippen LogP contribution in [0.4, 0.5) is 11.8 Å². The lowest BCUT2D eigenvalue weighted by molar-refractivity contribution is -0.122. The second-order valence-electron chi connectivity index (χ2n) is 9.61. The maximum absolute atomic E-state index is 13.2. The van der Waals surface area contributed by atoms with Crippen molar-refractivity contribution in [2.75, 3.05) is 44.1 Å². The maximum Gasteiger partial charge on any atom is 0.254 e. The highest BCUT2D eigenvalue weighted by Crippen LogP contribution is 2.31. The van der Waals surface area contributed by atoms with Crippen molar-refractivity contribution in [2.24, 2.45) is 0 Å². The van der Waals surface area contributed by atoms with E-state index in [2.05, 4.69) is 25.6 Å². The summed E-state index contributed by atoms with van der Waals surface area (Å²) >= 11 is 6.44. The Morgan fingerprint density at radius 1 is 1.18 bits per heavy atom. The molecule has 1 fully saturated rings. The van der Waals surface area contributed by atoms with Gasteiger partial charge in [-0.25, -0.2) is 15.0 Å². The zero-order chi connectivity index (χ0) is 26.6. The summed E-state index contributed by atoms with van der Waals surface area (Å²) in [6.45, 7) is 2.03. The lowest BCUT2D eigenvalue weighted by Crippen LogP contribution is -2.37. The van der Waals surface area contributed by atoms with Crippen molar-refractivity contribution in [3.8, 4) is 11.3 Å². The molecule has 0 aliphatic carbocycles. The molecule has 2 aromatic heterocycles. The minimum atomic E-state index is -0.244. The van der Waals surface area contributed by atoms with Gasteiger partial charge < -0.3 is 25.2 Å². The van der Waals surface area contributed by atoms with E-state index in [-0.39, 0.29) is 30.9 Å². The first-order chi connectivity index (χ1) is 18.4. The topological polar surface area (TPSA) is 113 Å². The highest BCUT2D eigenvalue weighted by atomic mass is 35.5. The summed E-state index contributed by atoms with van der Waals surface area (Å²) in [7, 11) is 3.82. The predicted molar refractivity (Wildman–Crippen MR) is 145 cm³/mol. The normalized spacial score (nSPS) is 15.3. The Kier molecular flexibility index (Phi) is 7.71. The summed E-state index contributed by atoms with van der Waals surface area (Å²) in [4.78, 5) is 42.7. The molecule has 3 aromatic rings. The molecule has 1 aromatic carbocycles. The van der Waals surface area contributed by atoms with Crippen LogP contribution in [0, 0.1) is 0 Å². The third kappa shape index (κ3) is 5.87. The van der Waals surface area contributed by atoms with E-state index in [0.717, 1.165) is 35.5 Å². The highest BCUT2D eigenvalue weighted by Gasteiger charge is 2.29. The molecule has 38 heavy (non-hydrogen) atoms. The van der Waals surface area contributed by atoms with Crippen LogP contribution in [-0.4, -0.2) is 71.6 Å². The summed E-state index contributed by atoms with van der Waals surface area (Å²) in [5.74, 6) is 0.863. The SMILES string of the molecule is CN(C)c1cccc(CNC(=O)CN2Cc3ccc(-c4nc(NC5CCOCC5)ncc4Cl)cc3C2=O)n1. The lowest BCUT2D eigenvalue weighted by Gasteiger charge is -2.23. The number of halogens is 1. The molecule has 2 N–H and O–H groups in total. The van der Waals surface area contributed by atoms with E-state index in [1.807, 2.05) is 49.3 Å². The van der Waals surface area contributed by atoms with Crippen molar-refractivity contribution in [1.82, 2.24) is 25.2 Å². The van der Waals surface area contributed by atoms with Gasteiger partial charge in [0.05, 0.1) is 29.2 Å². The van der Waals surface area contributed by atoms with Crippen molar-refractivity contribution < 1.29 is 14.3 Å². The van der Waals surface area contributed by atoms with Gasteiger partial charge in [0.25, 0.3) is 5.91 Å². The van der Waals surface area contributed by atoms with Gasteiger partial charge in [0.15, 0.2) is 0 Å². The first kappa shape index (κ1) is 25.9. The highest BCUT2D eigenvalue weighted by molar-refractivity contribution is 6.33. The van der Waals surface area contributed by atoms with E-state index in [4.69, 9.17) is 16.3 Å². The Morgan fingerprint density at radius 3 is 2.79 bits per heavy atom. The lowest BCUT2D eigenvalue weighted by atomic mass is 10.0. The molecule has 4 heterocycles. The molecule has 1 saturated heterocycles. The van der Waals surface area contributed by atoms with Crippen LogP contribution in [0.15, 0.2) is 42.6 Å². The standard InChI is InChI=1S/C27H30ClN7O3/c1-34(2)23-5-3-4-20(31-23)13-29-24(36)16-35-15-18-7-6-17(12-21(18)26(35)37)25-22(28)14-30-27(33-25)32-19-8-10-38-11-9-19/h3-7,12,14,19H,8-11,13,15-16H2,1-2H3,(H,29,36)(H,30,32,33). The number of nitrogens with one attached hydrogen (secondary N) is 2. The molecule has 2 aliphatic rings. The zero-order valence-corrected chi connectivity index (χ0v) is 22.2. The number of hydrogen-bond donors (Lipinski definition) is 2. The van der Waals surface area contributed by atoms with E-state index in [1.54, 1.807) is 12.3 Å². The fourth-order valence-corrected chi connectivity index (χ4v) is 4.73. The summed E-state index contributed by atoms with van der Waals surface area (Å²) in [5, 5.41) is 6.61. The number of hydrogen-bond acceptors (Lipinski definition) is 8. The number of benzene rings is 1. The number of pyridine rings is 1. The van der Waals surface area contributed by atoms with Crippen LogP contribution in [0.5, 0.6) is 0 Å². The van der Waals surface area contributed by atoms with Crippen molar-refractivity contribution in [3.63, 3.8) is 0 Å². The molecule has 5 rings (SSSR count). The zero-order valence-electron chi connectivity index (χ0n) is 21.4. The Balaban J connectivity index is 1.24. The van der Waals surface area contributed by atoms with Gasteiger partial charge in [-0.05, 0) is 36.6 Å². The van der Waals surface area contributed by atoms with Crippen LogP contribution in [0.25, 0.3) is 11.3 Å². The van der Waals surface area contributed by atoms with Crippen LogP contribution in [0.1, 0.15) is 34.5 Å². The van der Waals surface area contributed by atoms with Crippen molar-refractivity contribution in [3.05, 3.63) is 64.4 Å². The van der Waals surface area contributed by atoms with Gasteiger partial charge in [-0.15, -0.1) is 0 Å². The molecule has 0 saturated carbocycles. The molecule has 0 spiro atoms. The van der Waals surface area contributed by atoms with Crippen LogP contribution in [0.2, 0.25) is 5.02 Å². The summed E-state index contributed by atoms with van der Waals surface area (Å²) in [5.41, 5.74) is 3.42. The smallest absolute Gasteiger partial charge is 0.254 e. The molecule has 0 atom stereocenters. The molecule has 2 amide bonds. The minimum Gasteiger partial charge on any atom is -0.381 e. The number of amides is 2. The van der Waals surface area contributed by atoms with Crippen LogP contribution in [0.3, 0.4) is 0 Å². The number of anilines is 2. The third-order valence-corrected chi connectivity index (χ3v) is 6.89. The van der Waals surface area contributed by atoms with Gasteiger partial charge in [0.1, 0.15) is 12.4 Å². The van der Waals surface area contributed by atoms with Gasteiger partial charge in [0.2, 0.25) is 11.9 Å². The second-order valence-corrected chi connectivity index (χ2v) is 10.0. The molecule has 0 bridgehead atoms. The quantitative estimate of drug-likeness (QED) is 0.452. The minimum absolute atomic E-state index is 0.0380. The molecule has 2 aliphatic heterocycles. The van der Waals surface area contributed by atoms with Crippen molar-refractivity contribution >= 4 is 35.2 Å². The molecular formula is C27H30ClN7O3. The van der Waals surface area contributed by atoms with Crippen LogP contribution in [-0.2, 0) is 22.6 Å². The molecule has 198 valence electrons. The van der Waals surface area contributed by atoms with E-state index in [0.29, 0.717) is 42.0 Å². The Morgan fingerprint density at radius 2 is 2.00 bits per heavy atom. The molecule has 11 heteroatoms. The summed E-state index contributed by atoms with van der Waals surface area (Å²) in [6, 6.07) is 11.5. The van der Waals surface area contributed by atoms with E-state index in [9.17, 15) is 9.59 Å². The third-order valence-electron chi connectivity index (χ3n) is 6.61. The fraction of sp³-hybridized carbons (Fsp3) is 0.370. The first-order valence-electron chi connectivity index (χ1n) is 12.6. The Hall–Kier alpha value is -3.76. The average Bonchev–Trinajstić information content (AvgIpc) is 3.23. The maximum atomic E-state index is 13.2. The van der Waals surface area contributed by atoms with Gasteiger partial charge in [0, 0.05) is 51.0 Å². The monoisotopic (exact) mass is 535 g/mol. The summed E-state index contributed by atoms with van der Waals surface area (Å²) in [6.07, 6.45) is 3.34. The molecule has 0 radical (unpaired) electrons. The number of fused-ring (bicyclic) bond motifs is 1. The number of carbonyl (C=O) groups is 2. The predicted octanol–water partition coefficient (Wildman–Crippen LogP) is 3.12. The molecule has 0 unspecified atom stereocenters. The van der Waals surface area contributed by atoms with Gasteiger partial charge in [-0.3, -0.25) is 9.59 Å². The number of carbonyl (C=O) groups excluding carboxylic acids is 2. The number of aromatic nitrogens is 3. The summed E-state index contributed by atoms with van der Waals surface area (Å²) < 4.78 is 5.41. The van der Waals surface area contributed by atoms with Gasteiger partial charge >= 0.3 is 0 Å². The Bertz CT molecular complexity index is 1340. The largest absolute Gasteiger partial charge is 0.381 e. The van der Waals surface area contributed by atoms with Crippen LogP contribution < -0.4 is 15.5 Å². The molecular weight excluding hydrogens is 506 g/mol. The average molecular weight is 536 g/mol. The van der Waals surface area contributed by atoms with Crippen molar-refractivity contribution in [2.45, 2.75) is 32.0 Å². The first-order valence-corrected chi connectivity index (χ1v) is 12.9. The van der Waals surface area contributed by atoms with E-state index in [1.165, 1.54) is 4.90 Å². The molecule has 10 nitrogen and oxygen atoms in total. The van der Waals surface area contributed by atoms with Gasteiger partial charge in [-0.2, -0.15) is 0 Å². The number of rotatable bonds is 8. The van der Waals surface area contributed by atoms with E-state index >= 15 is 0 Å². The number of ether oxygens (including phenoxy) is 1. The van der Waals surface area contributed by atoms with Crippen molar-refractivity contribution in [1.29, 1.82) is 0 Å².